The maximum Gasteiger partial charge on any atom is 0.259 e. The first kappa shape index (κ1) is 22.0. The highest BCUT2D eigenvalue weighted by Gasteiger charge is 2.25. The number of fused-ring (bicyclic) bond motifs is 1. The highest BCUT2D eigenvalue weighted by atomic mass is 35.5. The van der Waals surface area contributed by atoms with Gasteiger partial charge in [-0.05, 0) is 73.7 Å². The summed E-state index contributed by atoms with van der Waals surface area (Å²) in [7, 11) is 0. The molecule has 7 heteroatoms. The molecule has 4 aromatic rings. The summed E-state index contributed by atoms with van der Waals surface area (Å²) in [5.74, 6) is 1.14. The van der Waals surface area contributed by atoms with Gasteiger partial charge in [-0.2, -0.15) is 0 Å². The molecule has 1 aliphatic carbocycles. The van der Waals surface area contributed by atoms with E-state index < -0.39 is 0 Å². The van der Waals surface area contributed by atoms with Crippen molar-refractivity contribution in [2.45, 2.75) is 25.7 Å². The monoisotopic (exact) mass is 494 g/mol. The van der Waals surface area contributed by atoms with Gasteiger partial charge in [-0.15, -0.1) is 11.3 Å². The summed E-state index contributed by atoms with van der Waals surface area (Å²) >= 11 is 13.7. The summed E-state index contributed by atoms with van der Waals surface area (Å²) in [5, 5.41) is 4.69. The quantitative estimate of drug-likeness (QED) is 0.284. The number of halogens is 2. The normalized spacial score (nSPS) is 13.3. The van der Waals surface area contributed by atoms with E-state index in [2.05, 4.69) is 10.3 Å². The Bertz CT molecular complexity index is 1340. The van der Waals surface area contributed by atoms with E-state index in [0.29, 0.717) is 32.1 Å². The van der Waals surface area contributed by atoms with E-state index in [4.69, 9.17) is 27.6 Å². The van der Waals surface area contributed by atoms with E-state index in [0.717, 1.165) is 42.5 Å². The van der Waals surface area contributed by atoms with Gasteiger partial charge < -0.3 is 9.73 Å². The maximum atomic E-state index is 13.2. The first-order valence-electron chi connectivity index (χ1n) is 10.7. The number of hydrogen-bond acceptors (Lipinski definition) is 4. The molecule has 1 amide bonds. The van der Waals surface area contributed by atoms with Crippen LogP contribution in [0.4, 0.5) is 10.7 Å². The van der Waals surface area contributed by atoms with Crippen molar-refractivity contribution in [3.05, 3.63) is 92.5 Å². The lowest BCUT2D eigenvalue weighted by Gasteiger charge is -2.12. The summed E-state index contributed by atoms with van der Waals surface area (Å²) < 4.78 is 5.94. The van der Waals surface area contributed by atoms with Gasteiger partial charge in [0.2, 0.25) is 0 Å². The third-order valence-electron chi connectivity index (χ3n) is 5.55. The van der Waals surface area contributed by atoms with Crippen molar-refractivity contribution in [2.24, 2.45) is 4.99 Å². The van der Waals surface area contributed by atoms with Gasteiger partial charge in [-0.3, -0.25) is 4.79 Å². The van der Waals surface area contributed by atoms with E-state index in [9.17, 15) is 4.79 Å². The summed E-state index contributed by atoms with van der Waals surface area (Å²) in [4.78, 5) is 19.1. The van der Waals surface area contributed by atoms with Gasteiger partial charge in [0.1, 0.15) is 16.5 Å². The molecule has 166 valence electrons. The fraction of sp³-hybridized carbons (Fsp3) is 0.154. The van der Waals surface area contributed by atoms with E-state index >= 15 is 0 Å². The zero-order valence-electron chi connectivity index (χ0n) is 17.6. The van der Waals surface area contributed by atoms with Crippen molar-refractivity contribution >= 4 is 57.3 Å². The Hall–Kier alpha value is -2.86. The molecule has 2 aromatic heterocycles. The number of aliphatic imine (C=N–C) groups is 1. The molecule has 5 rings (SSSR count). The number of anilines is 1. The van der Waals surface area contributed by atoms with E-state index in [1.807, 2.05) is 48.5 Å². The third-order valence-corrected chi connectivity index (χ3v) is 7.49. The van der Waals surface area contributed by atoms with Gasteiger partial charge in [-0.25, -0.2) is 4.99 Å². The van der Waals surface area contributed by atoms with Gasteiger partial charge in [0.15, 0.2) is 0 Å². The lowest BCUT2D eigenvalue weighted by atomic mass is 9.95. The van der Waals surface area contributed by atoms with Crippen LogP contribution in [0.2, 0.25) is 10.0 Å². The number of furan rings is 1. The van der Waals surface area contributed by atoms with Crippen molar-refractivity contribution in [1.29, 1.82) is 0 Å². The molecule has 0 aliphatic heterocycles. The summed E-state index contributed by atoms with van der Waals surface area (Å²) in [6.07, 6.45) is 5.79. The average molecular weight is 495 g/mol. The van der Waals surface area contributed by atoms with Crippen LogP contribution in [-0.4, -0.2) is 12.1 Å². The predicted octanol–water partition coefficient (Wildman–Crippen LogP) is 8.20. The molecule has 1 aliphatic rings. The Morgan fingerprint density at radius 2 is 1.82 bits per heavy atom. The smallest absolute Gasteiger partial charge is 0.259 e. The highest BCUT2D eigenvalue weighted by molar-refractivity contribution is 7.16. The molecule has 0 radical (unpaired) electrons. The molecular weight excluding hydrogens is 475 g/mol. The molecule has 0 atom stereocenters. The minimum atomic E-state index is -0.122. The molecule has 0 saturated carbocycles. The second-order valence-electron chi connectivity index (χ2n) is 7.80. The molecular formula is C26H20Cl2N2O2S. The molecule has 2 heterocycles. The van der Waals surface area contributed by atoms with Crippen molar-refractivity contribution < 1.29 is 9.21 Å². The topological polar surface area (TPSA) is 54.6 Å². The third kappa shape index (κ3) is 4.76. The summed E-state index contributed by atoms with van der Waals surface area (Å²) in [6, 6.07) is 18.6. The molecule has 33 heavy (non-hydrogen) atoms. The fourth-order valence-corrected chi connectivity index (χ4v) is 5.47. The summed E-state index contributed by atoms with van der Waals surface area (Å²) in [6.45, 7) is 0. The first-order valence-corrected chi connectivity index (χ1v) is 12.3. The molecule has 2 aromatic carbocycles. The molecule has 4 nitrogen and oxygen atoms in total. The second kappa shape index (κ2) is 9.56. The van der Waals surface area contributed by atoms with Crippen LogP contribution in [0, 0.1) is 0 Å². The maximum absolute atomic E-state index is 13.2. The van der Waals surface area contributed by atoms with Crippen LogP contribution in [0.1, 0.15) is 39.4 Å². The largest absolute Gasteiger partial charge is 0.455 e. The van der Waals surface area contributed by atoms with Gasteiger partial charge in [-0.1, -0.05) is 41.4 Å². The van der Waals surface area contributed by atoms with Gasteiger partial charge in [0.05, 0.1) is 21.8 Å². The Kier molecular flexibility index (Phi) is 6.36. The van der Waals surface area contributed by atoms with E-state index in [1.165, 1.54) is 4.88 Å². The van der Waals surface area contributed by atoms with Crippen LogP contribution in [0.15, 0.2) is 70.1 Å². The van der Waals surface area contributed by atoms with Gasteiger partial charge >= 0.3 is 0 Å². The second-order valence-corrected chi connectivity index (χ2v) is 9.70. The summed E-state index contributed by atoms with van der Waals surface area (Å²) in [5.41, 5.74) is 3.40. The number of hydrogen-bond donors (Lipinski definition) is 1. The average Bonchev–Trinajstić information content (AvgIpc) is 3.44. The number of aryl methyl sites for hydroxylation is 1. The van der Waals surface area contributed by atoms with Gasteiger partial charge in [0.25, 0.3) is 5.91 Å². The molecule has 0 fully saturated rings. The number of carbonyl (C=O) groups excluding carboxylic acids is 1. The minimum absolute atomic E-state index is 0.122. The number of benzene rings is 2. The number of carbonyl (C=O) groups is 1. The van der Waals surface area contributed by atoms with Crippen LogP contribution >= 0.6 is 34.5 Å². The van der Waals surface area contributed by atoms with Crippen LogP contribution in [0.25, 0.3) is 11.3 Å². The molecule has 0 bridgehead atoms. The van der Waals surface area contributed by atoms with Gasteiger partial charge in [0, 0.05) is 16.1 Å². The lowest BCUT2D eigenvalue weighted by molar-refractivity contribution is 0.102. The van der Waals surface area contributed by atoms with Crippen LogP contribution in [0.5, 0.6) is 0 Å². The fourth-order valence-electron chi connectivity index (χ4n) is 3.94. The van der Waals surface area contributed by atoms with Crippen LogP contribution < -0.4 is 5.32 Å². The number of amides is 1. The first-order chi connectivity index (χ1) is 16.1. The van der Waals surface area contributed by atoms with Crippen LogP contribution in [0.3, 0.4) is 0 Å². The van der Waals surface area contributed by atoms with E-state index in [1.54, 1.807) is 29.7 Å². The van der Waals surface area contributed by atoms with Crippen molar-refractivity contribution in [3.63, 3.8) is 0 Å². The lowest BCUT2D eigenvalue weighted by Crippen LogP contribution is -2.14. The Balaban J connectivity index is 1.43. The predicted molar refractivity (Wildman–Crippen MR) is 137 cm³/mol. The number of nitrogens with zero attached hydrogens (tertiary/aromatic N) is 1. The number of para-hydroxylation sites is 1. The zero-order chi connectivity index (χ0) is 22.8. The Labute approximate surface area is 205 Å². The standard InChI is InChI=1S/C26H20Cl2N2O2S/c27-20-12-10-16(14-21(20)28)22-13-11-18(32-22)15-29-26-24(19-8-4-5-9-23(19)33-26)25(31)30-17-6-2-1-3-7-17/h1-3,6-7,10-15H,4-5,8-9H2,(H,30,31). The van der Waals surface area contributed by atoms with Crippen molar-refractivity contribution in [2.75, 3.05) is 5.32 Å². The zero-order valence-corrected chi connectivity index (χ0v) is 19.9. The SMILES string of the molecule is O=C(Nc1ccccc1)c1c(N=Cc2ccc(-c3ccc(Cl)c(Cl)c3)o2)sc2c1CCCC2. The minimum Gasteiger partial charge on any atom is -0.455 e. The molecule has 0 unspecified atom stereocenters. The Morgan fingerprint density at radius 1 is 1.00 bits per heavy atom. The Morgan fingerprint density at radius 3 is 2.64 bits per heavy atom. The molecule has 1 N–H and O–H groups in total. The number of thiophene rings is 1. The number of nitrogens with one attached hydrogen (secondary N) is 1. The molecule has 0 saturated heterocycles. The van der Waals surface area contributed by atoms with Crippen LogP contribution in [-0.2, 0) is 12.8 Å². The highest BCUT2D eigenvalue weighted by Crippen LogP contribution is 2.40. The molecule has 0 spiro atoms. The van der Waals surface area contributed by atoms with E-state index in [-0.39, 0.29) is 5.91 Å². The number of rotatable bonds is 5. The van der Waals surface area contributed by atoms with Crippen molar-refractivity contribution in [3.8, 4) is 11.3 Å². The van der Waals surface area contributed by atoms with Crippen molar-refractivity contribution in [1.82, 2.24) is 0 Å².